The number of ether oxygens (including phenoxy) is 2. The first-order valence-corrected chi connectivity index (χ1v) is 13.5. The molecule has 2 unspecified atom stereocenters. The topological polar surface area (TPSA) is 55.8 Å². The third kappa shape index (κ3) is 4.51. The van der Waals surface area contributed by atoms with Crippen LogP contribution in [0.5, 0.6) is 0 Å². The average molecular weight is 508 g/mol. The average Bonchev–Trinajstić information content (AvgIpc) is 3.37. The molecule has 6 rings (SSSR count). The van der Waals surface area contributed by atoms with Gasteiger partial charge in [0, 0.05) is 12.0 Å². The van der Waals surface area contributed by atoms with Gasteiger partial charge in [-0.3, -0.25) is 4.90 Å². The van der Waals surface area contributed by atoms with Crippen molar-refractivity contribution in [2.75, 3.05) is 6.61 Å². The van der Waals surface area contributed by atoms with Crippen LogP contribution < -0.4 is 0 Å². The molecule has 1 amide bonds. The van der Waals surface area contributed by atoms with Crippen LogP contribution in [0.2, 0.25) is 0 Å². The second kappa shape index (κ2) is 9.46. The van der Waals surface area contributed by atoms with Gasteiger partial charge in [-0.2, -0.15) is 0 Å². The van der Waals surface area contributed by atoms with E-state index in [1.807, 2.05) is 43.9 Å². The van der Waals surface area contributed by atoms with E-state index in [2.05, 4.69) is 54.6 Å². The van der Waals surface area contributed by atoms with Gasteiger partial charge < -0.3 is 9.47 Å². The van der Waals surface area contributed by atoms with Crippen LogP contribution in [0.4, 0.5) is 4.79 Å². The molecule has 1 aliphatic carbocycles. The van der Waals surface area contributed by atoms with Gasteiger partial charge in [-0.15, -0.1) is 0 Å². The molecule has 2 bridgehead atoms. The van der Waals surface area contributed by atoms with Crippen LogP contribution in [-0.4, -0.2) is 41.3 Å². The van der Waals surface area contributed by atoms with Crippen LogP contribution in [0.3, 0.4) is 0 Å². The predicted octanol–water partition coefficient (Wildman–Crippen LogP) is 7.21. The molecule has 2 aliphatic heterocycles. The number of nitrogens with zero attached hydrogens (tertiary/aromatic N) is 1. The molecule has 38 heavy (non-hydrogen) atoms. The zero-order valence-electron chi connectivity index (χ0n) is 22.1. The van der Waals surface area contributed by atoms with Crippen LogP contribution in [0.1, 0.15) is 73.0 Å². The van der Waals surface area contributed by atoms with E-state index in [0.717, 1.165) is 24.8 Å². The first-order valence-electron chi connectivity index (χ1n) is 13.5. The second-order valence-electron chi connectivity index (χ2n) is 11.5. The number of benzene rings is 3. The van der Waals surface area contributed by atoms with Crippen LogP contribution >= 0.6 is 0 Å². The van der Waals surface area contributed by atoms with Gasteiger partial charge in [0.15, 0.2) is 0 Å². The molecule has 0 radical (unpaired) electrons. The summed E-state index contributed by atoms with van der Waals surface area (Å²) >= 11 is 0. The Balaban J connectivity index is 1.17. The van der Waals surface area contributed by atoms with Crippen molar-refractivity contribution in [3.8, 4) is 11.1 Å². The first-order chi connectivity index (χ1) is 18.3. The second-order valence-corrected chi connectivity index (χ2v) is 11.5. The standard InChI is InChI=1S/C33H33NO4/c1-33(2,3)38-31(35)22-10-8-9-21(17-22)23-18-24-15-16-25(19-23)34(24)32(36)37-20-30-28-13-6-4-11-26(28)27-12-5-7-14-29(27)30/h4-14,17-18,24-25,30H,15-16,19-20H2,1-3H3. The fourth-order valence-electron chi connectivity index (χ4n) is 6.18. The Bertz CT molecular complexity index is 1390. The summed E-state index contributed by atoms with van der Waals surface area (Å²) in [5.74, 6) is -0.269. The fraction of sp³-hybridized carbons (Fsp3) is 0.333. The maximum atomic E-state index is 13.4. The highest BCUT2D eigenvalue weighted by Crippen LogP contribution is 2.45. The molecule has 0 N–H and O–H groups in total. The lowest BCUT2D eigenvalue weighted by molar-refractivity contribution is 0.00694. The van der Waals surface area contributed by atoms with E-state index in [9.17, 15) is 9.59 Å². The molecule has 0 aromatic heterocycles. The van der Waals surface area contributed by atoms with Crippen LogP contribution in [0.15, 0.2) is 78.9 Å². The smallest absolute Gasteiger partial charge is 0.410 e. The molecule has 1 saturated heterocycles. The van der Waals surface area contributed by atoms with E-state index in [-0.39, 0.29) is 30.1 Å². The summed E-state index contributed by atoms with van der Waals surface area (Å²) in [5.41, 5.74) is 7.07. The number of rotatable bonds is 4. The molecular formula is C33H33NO4. The Morgan fingerprint density at radius 3 is 2.24 bits per heavy atom. The first kappa shape index (κ1) is 24.5. The maximum absolute atomic E-state index is 13.4. The van der Waals surface area contributed by atoms with E-state index in [1.54, 1.807) is 6.07 Å². The zero-order valence-corrected chi connectivity index (χ0v) is 22.1. The number of carbonyl (C=O) groups excluding carboxylic acids is 2. The third-order valence-corrected chi connectivity index (χ3v) is 7.81. The quantitative estimate of drug-likeness (QED) is 0.350. The van der Waals surface area contributed by atoms with Crippen molar-refractivity contribution in [3.63, 3.8) is 0 Å². The van der Waals surface area contributed by atoms with Crippen molar-refractivity contribution >= 4 is 17.6 Å². The van der Waals surface area contributed by atoms with E-state index in [4.69, 9.17) is 9.47 Å². The number of esters is 1. The summed E-state index contributed by atoms with van der Waals surface area (Å²) in [5, 5.41) is 0. The molecular weight excluding hydrogens is 474 g/mol. The summed E-state index contributed by atoms with van der Waals surface area (Å²) in [6, 6.07) is 24.5. The summed E-state index contributed by atoms with van der Waals surface area (Å²) in [6.45, 7) is 5.94. The predicted molar refractivity (Wildman–Crippen MR) is 148 cm³/mol. The Hall–Kier alpha value is -3.86. The van der Waals surface area contributed by atoms with Crippen molar-refractivity contribution in [2.45, 2.75) is 63.6 Å². The van der Waals surface area contributed by atoms with Gasteiger partial charge in [0.2, 0.25) is 0 Å². The lowest BCUT2D eigenvalue weighted by Gasteiger charge is -2.33. The molecule has 2 heterocycles. The third-order valence-electron chi connectivity index (χ3n) is 7.81. The van der Waals surface area contributed by atoms with Gasteiger partial charge in [0.25, 0.3) is 0 Å². The molecule has 5 nitrogen and oxygen atoms in total. The number of amides is 1. The van der Waals surface area contributed by atoms with E-state index in [0.29, 0.717) is 12.2 Å². The molecule has 194 valence electrons. The normalized spacial score (nSPS) is 20.0. The van der Waals surface area contributed by atoms with Crippen molar-refractivity contribution in [2.24, 2.45) is 0 Å². The lowest BCUT2D eigenvalue weighted by Crippen LogP contribution is -2.43. The number of hydrogen-bond acceptors (Lipinski definition) is 4. The molecule has 3 aromatic rings. The minimum Gasteiger partial charge on any atom is -0.456 e. The van der Waals surface area contributed by atoms with E-state index in [1.165, 1.54) is 27.8 Å². The summed E-state index contributed by atoms with van der Waals surface area (Å²) < 4.78 is 11.5. The minimum atomic E-state index is -0.542. The molecule has 0 spiro atoms. The van der Waals surface area contributed by atoms with Gasteiger partial charge in [-0.25, -0.2) is 9.59 Å². The van der Waals surface area contributed by atoms with E-state index >= 15 is 0 Å². The molecule has 2 atom stereocenters. The Labute approximate surface area is 224 Å². The highest BCUT2D eigenvalue weighted by molar-refractivity contribution is 5.91. The summed E-state index contributed by atoms with van der Waals surface area (Å²) in [7, 11) is 0. The van der Waals surface area contributed by atoms with Gasteiger partial charge in [-0.05, 0) is 85.6 Å². The fourth-order valence-corrected chi connectivity index (χ4v) is 6.18. The maximum Gasteiger partial charge on any atom is 0.410 e. The summed E-state index contributed by atoms with van der Waals surface area (Å²) in [6.07, 6.45) is 4.56. The van der Waals surface area contributed by atoms with Crippen molar-refractivity contribution in [3.05, 3.63) is 101 Å². The molecule has 1 fully saturated rings. The van der Waals surface area contributed by atoms with Gasteiger partial charge in [0.05, 0.1) is 11.6 Å². The van der Waals surface area contributed by atoms with Crippen molar-refractivity contribution in [1.82, 2.24) is 4.90 Å². The van der Waals surface area contributed by atoms with Crippen molar-refractivity contribution in [1.29, 1.82) is 0 Å². The summed E-state index contributed by atoms with van der Waals surface area (Å²) in [4.78, 5) is 27.9. The van der Waals surface area contributed by atoms with Gasteiger partial charge >= 0.3 is 12.1 Å². The number of hydrogen-bond donors (Lipinski definition) is 0. The Morgan fingerprint density at radius 2 is 1.58 bits per heavy atom. The van der Waals surface area contributed by atoms with Crippen LogP contribution in [0.25, 0.3) is 16.7 Å². The monoisotopic (exact) mass is 507 g/mol. The zero-order chi connectivity index (χ0) is 26.4. The Morgan fingerprint density at radius 1 is 0.895 bits per heavy atom. The minimum absolute atomic E-state index is 0.00424. The number of carbonyl (C=O) groups is 2. The van der Waals surface area contributed by atoms with Gasteiger partial charge in [-0.1, -0.05) is 66.7 Å². The van der Waals surface area contributed by atoms with Crippen LogP contribution in [0, 0.1) is 0 Å². The van der Waals surface area contributed by atoms with Crippen molar-refractivity contribution < 1.29 is 19.1 Å². The Kier molecular flexibility index (Phi) is 6.10. The molecule has 3 aromatic carbocycles. The van der Waals surface area contributed by atoms with Gasteiger partial charge in [0.1, 0.15) is 12.2 Å². The lowest BCUT2D eigenvalue weighted by atomic mass is 9.94. The SMILES string of the molecule is CC(C)(C)OC(=O)c1cccc(C2=CC3CCC(C2)N3C(=O)OCC2c3ccccc3-c3ccccc32)c1. The molecule has 0 saturated carbocycles. The van der Waals surface area contributed by atoms with E-state index < -0.39 is 5.60 Å². The highest BCUT2D eigenvalue weighted by atomic mass is 16.6. The van der Waals surface area contributed by atoms with Crippen LogP contribution in [-0.2, 0) is 9.47 Å². The molecule has 3 aliphatic rings. The highest BCUT2D eigenvalue weighted by Gasteiger charge is 2.41. The number of fused-ring (bicyclic) bond motifs is 5. The largest absolute Gasteiger partial charge is 0.456 e. The molecule has 5 heteroatoms.